The molecule has 0 fully saturated rings. The second-order valence-electron chi connectivity index (χ2n) is 7.06. The summed E-state index contributed by atoms with van der Waals surface area (Å²) in [5.41, 5.74) is 6.51. The summed E-state index contributed by atoms with van der Waals surface area (Å²) < 4.78 is 44.0. The molecule has 3 heterocycles. The number of nitrogens with zero attached hydrogens (tertiary/aromatic N) is 2. The normalized spacial score (nSPS) is 12.1. The number of rotatable bonds is 7. The van der Waals surface area contributed by atoms with Crippen LogP contribution in [-0.4, -0.2) is 30.7 Å². The molecule has 1 aromatic carbocycles. The van der Waals surface area contributed by atoms with Crippen LogP contribution in [0, 0.1) is 11.6 Å². The molecule has 0 saturated carbocycles. The summed E-state index contributed by atoms with van der Waals surface area (Å²) in [7, 11) is -1.55. The molecule has 0 aliphatic rings. The molecule has 4 aromatic rings. The highest BCUT2D eigenvalue weighted by Gasteiger charge is 2.25. The Morgan fingerprint density at radius 2 is 1.94 bits per heavy atom. The lowest BCUT2D eigenvalue weighted by atomic mass is 10.00. The van der Waals surface area contributed by atoms with E-state index in [0.717, 1.165) is 17.7 Å². The lowest BCUT2D eigenvalue weighted by Crippen LogP contribution is -2.13. The van der Waals surface area contributed by atoms with E-state index in [1.54, 1.807) is 30.6 Å². The van der Waals surface area contributed by atoms with Gasteiger partial charge in [-0.3, -0.25) is 4.79 Å². The zero-order chi connectivity index (χ0) is 22.8. The van der Waals surface area contributed by atoms with Gasteiger partial charge in [0.2, 0.25) is 5.78 Å². The number of aromatic nitrogens is 3. The molecule has 4 N–H and O–H groups in total. The third kappa shape index (κ3) is 4.09. The first-order valence-corrected chi connectivity index (χ1v) is 11.1. The van der Waals surface area contributed by atoms with Crippen LogP contribution < -0.4 is 10.5 Å². The van der Waals surface area contributed by atoms with Crippen LogP contribution in [0.25, 0.3) is 22.2 Å². The van der Waals surface area contributed by atoms with Gasteiger partial charge in [-0.1, -0.05) is 6.92 Å². The van der Waals surface area contributed by atoms with Crippen LogP contribution >= 0.6 is 0 Å². The van der Waals surface area contributed by atoms with Gasteiger partial charge < -0.3 is 15.4 Å². The van der Waals surface area contributed by atoms with Gasteiger partial charge in [-0.25, -0.2) is 23.0 Å². The van der Waals surface area contributed by atoms with Crippen LogP contribution in [0.2, 0.25) is 0 Å². The molecular formula is C22H19F2N5O2S. The van der Waals surface area contributed by atoms with Crippen LogP contribution in [0.4, 0.5) is 20.3 Å². The Hall–Kier alpha value is -3.66. The van der Waals surface area contributed by atoms with E-state index in [9.17, 15) is 13.4 Å². The van der Waals surface area contributed by atoms with Crippen molar-refractivity contribution in [3.05, 3.63) is 71.7 Å². The van der Waals surface area contributed by atoms with Gasteiger partial charge >= 0.3 is 0 Å². The van der Waals surface area contributed by atoms with Gasteiger partial charge in [0.15, 0.2) is 5.82 Å². The Morgan fingerprint density at radius 1 is 1.16 bits per heavy atom. The predicted molar refractivity (Wildman–Crippen MR) is 120 cm³/mol. The number of pyridine rings is 2. The second kappa shape index (κ2) is 8.83. The minimum Gasteiger partial charge on any atom is -0.384 e. The summed E-state index contributed by atoms with van der Waals surface area (Å²) in [6, 6.07) is 7.17. The molecule has 0 bridgehead atoms. The highest BCUT2D eigenvalue weighted by Crippen LogP contribution is 2.29. The maximum atomic E-state index is 15.1. The van der Waals surface area contributed by atoms with E-state index in [4.69, 9.17) is 5.73 Å². The van der Waals surface area contributed by atoms with E-state index < -0.39 is 34.0 Å². The number of anilines is 2. The third-order valence-electron chi connectivity index (χ3n) is 4.83. The summed E-state index contributed by atoms with van der Waals surface area (Å²) in [5.74, 6) is -2.32. The van der Waals surface area contributed by atoms with Gasteiger partial charge in [0.05, 0.1) is 11.3 Å². The van der Waals surface area contributed by atoms with E-state index in [1.165, 1.54) is 6.20 Å². The number of aromatic amines is 1. The van der Waals surface area contributed by atoms with E-state index in [2.05, 4.69) is 19.7 Å². The number of halogens is 2. The van der Waals surface area contributed by atoms with Crippen LogP contribution in [0.3, 0.4) is 0 Å². The molecule has 164 valence electrons. The minimum absolute atomic E-state index is 0.0578. The Morgan fingerprint density at radius 3 is 2.66 bits per heavy atom. The first-order chi connectivity index (χ1) is 15.4. The molecule has 0 aliphatic heterocycles. The molecule has 0 amide bonds. The van der Waals surface area contributed by atoms with Crippen molar-refractivity contribution in [1.82, 2.24) is 15.0 Å². The van der Waals surface area contributed by atoms with Crippen LogP contribution in [0.15, 0.2) is 48.9 Å². The Kier molecular flexibility index (Phi) is 5.95. The van der Waals surface area contributed by atoms with Crippen molar-refractivity contribution in [1.29, 1.82) is 0 Å². The fourth-order valence-electron chi connectivity index (χ4n) is 3.26. The van der Waals surface area contributed by atoms with Crippen molar-refractivity contribution in [3.63, 3.8) is 0 Å². The molecular weight excluding hydrogens is 436 g/mol. The molecule has 0 aliphatic carbocycles. The Balaban J connectivity index is 1.76. The molecule has 10 heteroatoms. The van der Waals surface area contributed by atoms with Gasteiger partial charge in [0, 0.05) is 46.4 Å². The molecule has 0 spiro atoms. The van der Waals surface area contributed by atoms with Crippen molar-refractivity contribution >= 4 is 39.3 Å². The predicted octanol–water partition coefficient (Wildman–Crippen LogP) is 4.20. The fourth-order valence-corrected chi connectivity index (χ4v) is 4.13. The Bertz CT molecular complexity index is 1340. The van der Waals surface area contributed by atoms with Crippen molar-refractivity contribution in [2.75, 3.05) is 16.2 Å². The largest absolute Gasteiger partial charge is 0.384 e. The minimum atomic E-state index is -1.55. The van der Waals surface area contributed by atoms with Crippen LogP contribution in [-0.2, 0) is 11.0 Å². The number of carbonyl (C=O) groups excluding carboxylic acids is 1. The zero-order valence-electron chi connectivity index (χ0n) is 17.0. The number of ketones is 1. The topological polar surface area (TPSA) is 114 Å². The number of hydrogen-bond donors (Lipinski definition) is 3. The van der Waals surface area contributed by atoms with Gasteiger partial charge in [0.1, 0.15) is 28.3 Å². The molecule has 0 saturated heterocycles. The van der Waals surface area contributed by atoms with Gasteiger partial charge in [-0.15, -0.1) is 0 Å². The first kappa shape index (κ1) is 21.6. The summed E-state index contributed by atoms with van der Waals surface area (Å²) >= 11 is 0. The lowest BCUT2D eigenvalue weighted by Gasteiger charge is -2.10. The quantitative estimate of drug-likeness (QED) is 0.362. The third-order valence-corrected chi connectivity index (χ3v) is 6.05. The number of H-pyrrole nitrogens is 1. The molecule has 4 rings (SSSR count). The summed E-state index contributed by atoms with van der Waals surface area (Å²) in [5, 5.41) is 0.399. The van der Waals surface area contributed by atoms with Crippen molar-refractivity contribution in [2.24, 2.45) is 0 Å². The average Bonchev–Trinajstić information content (AvgIpc) is 3.20. The van der Waals surface area contributed by atoms with Gasteiger partial charge in [-0.2, -0.15) is 0 Å². The maximum Gasteiger partial charge on any atom is 0.201 e. The molecule has 1 atom stereocenters. The molecule has 0 radical (unpaired) electrons. The molecule has 3 aromatic heterocycles. The van der Waals surface area contributed by atoms with Crippen molar-refractivity contribution in [3.8, 4) is 11.1 Å². The molecule has 32 heavy (non-hydrogen) atoms. The van der Waals surface area contributed by atoms with Crippen molar-refractivity contribution in [2.45, 2.75) is 13.3 Å². The number of nitrogen functional groups attached to an aromatic ring is 1. The van der Waals surface area contributed by atoms with E-state index in [-0.39, 0.29) is 17.0 Å². The first-order valence-electron chi connectivity index (χ1n) is 9.75. The van der Waals surface area contributed by atoms with E-state index >= 15 is 4.39 Å². The SMILES string of the molecule is CCCS(=O)Nc1ccc(F)c(C(=O)c2c[nH]c3ncc(-c4ccc(N)nc4)cc23)c1F. The number of nitrogens with one attached hydrogen (secondary N) is 2. The molecule has 7 nitrogen and oxygen atoms in total. The van der Waals surface area contributed by atoms with Gasteiger partial charge in [-0.05, 0) is 36.8 Å². The smallest absolute Gasteiger partial charge is 0.201 e. The number of fused-ring (bicyclic) bond motifs is 1. The highest BCUT2D eigenvalue weighted by atomic mass is 32.2. The standard InChI is InChI=1S/C22H19F2N5O2S/c1-2-7-32(31)29-17-5-4-16(23)19(20(17)24)21(30)15-11-28-22-14(15)8-13(10-27-22)12-3-6-18(25)26-9-12/h3-6,8-11,29H,2,7H2,1H3,(H2,25,26)(H,27,28). The number of hydrogen-bond acceptors (Lipinski definition) is 5. The van der Waals surface area contributed by atoms with Crippen LogP contribution in [0.5, 0.6) is 0 Å². The second-order valence-corrected chi connectivity index (χ2v) is 8.36. The summed E-state index contributed by atoms with van der Waals surface area (Å²) in [4.78, 5) is 24.3. The zero-order valence-corrected chi connectivity index (χ0v) is 17.8. The highest BCUT2D eigenvalue weighted by molar-refractivity contribution is 7.86. The monoisotopic (exact) mass is 455 g/mol. The maximum absolute atomic E-state index is 15.1. The van der Waals surface area contributed by atoms with E-state index in [1.807, 2.05) is 6.92 Å². The van der Waals surface area contributed by atoms with Crippen LogP contribution in [0.1, 0.15) is 29.3 Å². The molecule has 1 unspecified atom stereocenters. The fraction of sp³-hybridized carbons (Fsp3) is 0.136. The number of nitrogens with two attached hydrogens (primary N) is 1. The van der Waals surface area contributed by atoms with Crippen molar-refractivity contribution < 1.29 is 17.8 Å². The number of carbonyl (C=O) groups is 1. The average molecular weight is 455 g/mol. The Labute approximate surface area is 184 Å². The number of benzene rings is 1. The lowest BCUT2D eigenvalue weighted by molar-refractivity contribution is 0.103. The van der Waals surface area contributed by atoms with Gasteiger partial charge in [0.25, 0.3) is 0 Å². The van der Waals surface area contributed by atoms with E-state index in [0.29, 0.717) is 28.8 Å². The summed E-state index contributed by atoms with van der Waals surface area (Å²) in [6.07, 6.45) is 5.13. The summed E-state index contributed by atoms with van der Waals surface area (Å²) in [6.45, 7) is 1.83.